The fourth-order valence-electron chi connectivity index (χ4n) is 2.62. The largest absolute Gasteiger partial charge is 0.348 e. The van der Waals surface area contributed by atoms with Crippen LogP contribution in [-0.4, -0.2) is 24.0 Å². The molecule has 0 atom stereocenters. The van der Waals surface area contributed by atoms with Gasteiger partial charge in [-0.05, 0) is 37.5 Å². The van der Waals surface area contributed by atoms with Crippen molar-refractivity contribution >= 4 is 28.1 Å². The topological polar surface area (TPSA) is 45.2 Å². The maximum absolute atomic E-state index is 14.2. The number of benzene rings is 1. The molecule has 1 N–H and O–H groups in total. The number of piperidine rings is 1. The molecule has 1 aliphatic rings. The Labute approximate surface area is 133 Å². The lowest BCUT2D eigenvalue weighted by atomic mass is 10.1. The third-order valence-electron chi connectivity index (χ3n) is 3.68. The molecule has 116 valence electrons. The van der Waals surface area contributed by atoms with E-state index < -0.39 is 0 Å². The Bertz CT molecular complexity index is 680. The molecule has 3 rings (SSSR count). The molecule has 0 spiro atoms. The summed E-state index contributed by atoms with van der Waals surface area (Å²) in [5.74, 6) is -0.588. The molecule has 1 saturated heterocycles. The molecule has 2 heterocycles. The number of anilines is 2. The van der Waals surface area contributed by atoms with Crippen LogP contribution in [0, 0.1) is 5.82 Å². The van der Waals surface area contributed by atoms with E-state index in [9.17, 15) is 9.18 Å². The minimum absolute atomic E-state index is 0.215. The van der Waals surface area contributed by atoms with Crippen LogP contribution in [0.2, 0.25) is 0 Å². The van der Waals surface area contributed by atoms with Crippen molar-refractivity contribution in [2.75, 3.05) is 23.3 Å². The summed E-state index contributed by atoms with van der Waals surface area (Å²) in [6, 6.07) is 4.69. The van der Waals surface area contributed by atoms with Gasteiger partial charge in [0.15, 0.2) is 5.13 Å². The first kappa shape index (κ1) is 15.0. The van der Waals surface area contributed by atoms with Crippen LogP contribution >= 0.6 is 11.3 Å². The average Bonchev–Trinajstić information content (AvgIpc) is 2.97. The Hall–Kier alpha value is -1.95. The van der Waals surface area contributed by atoms with E-state index in [-0.39, 0.29) is 11.7 Å². The van der Waals surface area contributed by atoms with Gasteiger partial charge in [0.05, 0.1) is 5.69 Å². The molecule has 4 nitrogen and oxygen atoms in total. The second-order valence-corrected chi connectivity index (χ2v) is 6.28. The number of thiazole rings is 1. The van der Waals surface area contributed by atoms with E-state index in [1.807, 2.05) is 5.38 Å². The fraction of sp³-hybridized carbons (Fsp3) is 0.375. The first-order valence-electron chi connectivity index (χ1n) is 7.41. The number of nitrogens with zero attached hydrogens (tertiary/aromatic N) is 2. The fourth-order valence-corrected chi connectivity index (χ4v) is 3.50. The monoisotopic (exact) mass is 319 g/mol. The Morgan fingerprint density at radius 1 is 1.32 bits per heavy atom. The zero-order valence-electron chi connectivity index (χ0n) is 12.4. The molecule has 0 unspecified atom stereocenters. The van der Waals surface area contributed by atoms with Gasteiger partial charge < -0.3 is 10.2 Å². The van der Waals surface area contributed by atoms with Crippen molar-refractivity contribution in [3.05, 3.63) is 29.4 Å². The molecule has 1 aliphatic heterocycles. The predicted molar refractivity (Wildman–Crippen MR) is 87.9 cm³/mol. The zero-order chi connectivity index (χ0) is 15.5. The summed E-state index contributed by atoms with van der Waals surface area (Å²) in [5.41, 5.74) is 1.58. The second kappa shape index (κ2) is 6.44. The van der Waals surface area contributed by atoms with E-state index in [2.05, 4.69) is 15.2 Å². The van der Waals surface area contributed by atoms with Crippen molar-refractivity contribution in [2.24, 2.45) is 0 Å². The summed E-state index contributed by atoms with van der Waals surface area (Å²) in [6.45, 7) is 3.45. The van der Waals surface area contributed by atoms with E-state index in [0.29, 0.717) is 16.9 Å². The van der Waals surface area contributed by atoms with Crippen LogP contribution in [0.5, 0.6) is 0 Å². The van der Waals surface area contributed by atoms with E-state index in [4.69, 9.17) is 0 Å². The molecule has 22 heavy (non-hydrogen) atoms. The Morgan fingerprint density at radius 2 is 2.09 bits per heavy atom. The quantitative estimate of drug-likeness (QED) is 0.933. The normalized spacial score (nSPS) is 14.9. The highest BCUT2D eigenvalue weighted by atomic mass is 32.1. The first-order chi connectivity index (χ1) is 10.6. The highest BCUT2D eigenvalue weighted by Gasteiger charge is 2.16. The summed E-state index contributed by atoms with van der Waals surface area (Å²) >= 11 is 1.55. The molecular weight excluding hydrogens is 301 g/mol. The van der Waals surface area contributed by atoms with Crippen molar-refractivity contribution in [3.63, 3.8) is 0 Å². The molecule has 0 saturated carbocycles. The van der Waals surface area contributed by atoms with Gasteiger partial charge in [-0.1, -0.05) is 0 Å². The number of rotatable bonds is 3. The number of hydrogen-bond acceptors (Lipinski definition) is 4. The lowest BCUT2D eigenvalue weighted by molar-refractivity contribution is -0.114. The summed E-state index contributed by atoms with van der Waals surface area (Å²) in [5, 5.41) is 5.42. The highest BCUT2D eigenvalue weighted by molar-refractivity contribution is 7.14. The second-order valence-electron chi connectivity index (χ2n) is 5.44. The number of hydrogen-bond donors (Lipinski definition) is 1. The van der Waals surface area contributed by atoms with Crippen molar-refractivity contribution in [3.8, 4) is 11.3 Å². The molecule has 1 amide bonds. The van der Waals surface area contributed by atoms with Gasteiger partial charge in [0.25, 0.3) is 0 Å². The van der Waals surface area contributed by atoms with Crippen molar-refractivity contribution in [2.45, 2.75) is 26.2 Å². The molecule has 2 aromatic rings. The van der Waals surface area contributed by atoms with Gasteiger partial charge in [0.2, 0.25) is 5.91 Å². The van der Waals surface area contributed by atoms with Crippen molar-refractivity contribution in [1.82, 2.24) is 4.98 Å². The Morgan fingerprint density at radius 3 is 2.77 bits per heavy atom. The number of amides is 1. The smallest absolute Gasteiger partial charge is 0.221 e. The molecular formula is C16H18FN3OS. The maximum Gasteiger partial charge on any atom is 0.221 e. The molecule has 0 radical (unpaired) electrons. The number of aromatic nitrogens is 1. The van der Waals surface area contributed by atoms with Crippen LogP contribution in [0.15, 0.2) is 23.6 Å². The SMILES string of the molecule is CC(=O)Nc1ccc(-c2csc(N3CCCCC3)n2)c(F)c1. The predicted octanol–water partition coefficient (Wildman–Crippen LogP) is 3.90. The summed E-state index contributed by atoms with van der Waals surface area (Å²) in [4.78, 5) is 17.8. The van der Waals surface area contributed by atoms with Gasteiger partial charge in [-0.2, -0.15) is 0 Å². The standard InChI is InChI=1S/C16H18FN3OS/c1-11(21)18-12-5-6-13(14(17)9-12)15-10-22-16(19-15)20-7-3-2-4-8-20/h5-6,9-10H,2-4,7-8H2,1H3,(H,18,21). The van der Waals surface area contributed by atoms with Gasteiger partial charge in [0, 0.05) is 36.6 Å². The van der Waals surface area contributed by atoms with Crippen LogP contribution < -0.4 is 10.2 Å². The van der Waals surface area contributed by atoms with Gasteiger partial charge in [-0.25, -0.2) is 9.37 Å². The highest BCUT2D eigenvalue weighted by Crippen LogP contribution is 2.31. The van der Waals surface area contributed by atoms with E-state index in [1.54, 1.807) is 23.5 Å². The molecule has 1 fully saturated rings. The molecule has 1 aromatic heterocycles. The van der Waals surface area contributed by atoms with Gasteiger partial charge in [-0.3, -0.25) is 4.79 Å². The number of carbonyl (C=O) groups is 1. The van der Waals surface area contributed by atoms with E-state index in [1.165, 1.54) is 32.3 Å². The zero-order valence-corrected chi connectivity index (χ0v) is 13.3. The first-order valence-corrected chi connectivity index (χ1v) is 8.29. The summed E-state index contributed by atoms with van der Waals surface area (Å²) in [6.07, 6.45) is 3.65. The van der Waals surface area contributed by atoms with Crippen LogP contribution in [0.3, 0.4) is 0 Å². The van der Waals surface area contributed by atoms with Crippen molar-refractivity contribution < 1.29 is 9.18 Å². The van der Waals surface area contributed by atoms with Crippen LogP contribution in [-0.2, 0) is 4.79 Å². The molecule has 0 aliphatic carbocycles. The minimum Gasteiger partial charge on any atom is -0.348 e. The lowest BCUT2D eigenvalue weighted by Crippen LogP contribution is -2.29. The number of halogens is 1. The van der Waals surface area contributed by atoms with E-state index >= 15 is 0 Å². The minimum atomic E-state index is -0.373. The average molecular weight is 319 g/mol. The third-order valence-corrected chi connectivity index (χ3v) is 4.59. The van der Waals surface area contributed by atoms with Crippen LogP contribution in [0.25, 0.3) is 11.3 Å². The Kier molecular flexibility index (Phi) is 4.38. The molecule has 0 bridgehead atoms. The van der Waals surface area contributed by atoms with Crippen LogP contribution in [0.1, 0.15) is 26.2 Å². The van der Waals surface area contributed by atoms with Gasteiger partial charge in [-0.15, -0.1) is 11.3 Å². The van der Waals surface area contributed by atoms with Crippen LogP contribution in [0.4, 0.5) is 15.2 Å². The summed E-state index contributed by atoms with van der Waals surface area (Å²) in [7, 11) is 0. The lowest BCUT2D eigenvalue weighted by Gasteiger charge is -2.25. The molecule has 1 aromatic carbocycles. The number of carbonyl (C=O) groups excluding carboxylic acids is 1. The molecule has 6 heteroatoms. The van der Waals surface area contributed by atoms with E-state index in [0.717, 1.165) is 18.2 Å². The van der Waals surface area contributed by atoms with Gasteiger partial charge in [0.1, 0.15) is 5.82 Å². The van der Waals surface area contributed by atoms with Gasteiger partial charge >= 0.3 is 0 Å². The summed E-state index contributed by atoms with van der Waals surface area (Å²) < 4.78 is 14.2. The van der Waals surface area contributed by atoms with Crippen molar-refractivity contribution in [1.29, 1.82) is 0 Å². The third kappa shape index (κ3) is 3.27. The Balaban J connectivity index is 1.82. The number of nitrogens with one attached hydrogen (secondary N) is 1. The maximum atomic E-state index is 14.2.